The molecule has 110 valence electrons. The van der Waals surface area contributed by atoms with Crippen molar-refractivity contribution in [2.45, 2.75) is 26.3 Å². The molecule has 0 bridgehead atoms. The van der Waals surface area contributed by atoms with Crippen molar-refractivity contribution in [1.29, 1.82) is 0 Å². The van der Waals surface area contributed by atoms with Gasteiger partial charge >= 0.3 is 0 Å². The van der Waals surface area contributed by atoms with Crippen LogP contribution in [0, 0.1) is 5.41 Å². The molecule has 0 saturated carbocycles. The predicted octanol–water partition coefficient (Wildman–Crippen LogP) is 2.66. The average molecular weight is 341 g/mol. The summed E-state index contributed by atoms with van der Waals surface area (Å²) < 4.78 is 5.97. The molecule has 4 nitrogen and oxygen atoms in total. The summed E-state index contributed by atoms with van der Waals surface area (Å²) in [5.41, 5.74) is 6.74. The molecule has 1 aromatic carbocycles. The molecule has 1 saturated heterocycles. The number of nitrogens with zero attached hydrogens (tertiary/aromatic N) is 1. The summed E-state index contributed by atoms with van der Waals surface area (Å²) in [7, 11) is 1.61. The lowest BCUT2D eigenvalue weighted by atomic mass is 9.79. The van der Waals surface area contributed by atoms with Crippen LogP contribution in [0.3, 0.4) is 0 Å². The molecule has 0 aromatic heterocycles. The topological polar surface area (TPSA) is 55.6 Å². The maximum atomic E-state index is 12.6. The molecule has 1 aliphatic rings. The average Bonchev–Trinajstić information content (AvgIpc) is 2.41. The standard InChI is InChI=1S/C15H21BrN2O2/c1-15(2)9-18(7-6-13(15)17)14(19)10-4-5-12(20-3)11(16)8-10/h4-5,8,13H,6-7,9,17H2,1-3H3. The van der Waals surface area contributed by atoms with Crippen LogP contribution in [-0.4, -0.2) is 37.0 Å². The van der Waals surface area contributed by atoms with Gasteiger partial charge in [0.15, 0.2) is 0 Å². The molecule has 2 N–H and O–H groups in total. The number of amides is 1. The summed E-state index contributed by atoms with van der Waals surface area (Å²) in [4.78, 5) is 14.5. The molecule has 2 rings (SSSR count). The molecule has 0 radical (unpaired) electrons. The van der Waals surface area contributed by atoms with E-state index < -0.39 is 0 Å². The molecule has 0 spiro atoms. The van der Waals surface area contributed by atoms with Gasteiger partial charge in [0.1, 0.15) is 5.75 Å². The summed E-state index contributed by atoms with van der Waals surface area (Å²) in [6, 6.07) is 5.56. The van der Waals surface area contributed by atoms with Crippen LogP contribution in [-0.2, 0) is 0 Å². The lowest BCUT2D eigenvalue weighted by Crippen LogP contribution is -2.54. The van der Waals surface area contributed by atoms with Crippen LogP contribution in [0.1, 0.15) is 30.6 Å². The van der Waals surface area contributed by atoms with Crippen molar-refractivity contribution in [3.8, 4) is 5.75 Å². The van der Waals surface area contributed by atoms with Gasteiger partial charge in [-0.05, 0) is 46.0 Å². The second-order valence-electron chi connectivity index (χ2n) is 5.96. The zero-order valence-corrected chi connectivity index (χ0v) is 13.7. The van der Waals surface area contributed by atoms with Gasteiger partial charge in [-0.1, -0.05) is 13.8 Å². The number of halogens is 1. The molecule has 1 unspecified atom stereocenters. The third kappa shape index (κ3) is 2.99. The zero-order valence-electron chi connectivity index (χ0n) is 12.1. The summed E-state index contributed by atoms with van der Waals surface area (Å²) >= 11 is 3.42. The van der Waals surface area contributed by atoms with Crippen molar-refractivity contribution < 1.29 is 9.53 Å². The van der Waals surface area contributed by atoms with Gasteiger partial charge in [0.25, 0.3) is 5.91 Å². The van der Waals surface area contributed by atoms with E-state index >= 15 is 0 Å². The SMILES string of the molecule is COc1ccc(C(=O)N2CCC(N)C(C)(C)C2)cc1Br. The minimum absolute atomic E-state index is 0.0440. The first kappa shape index (κ1) is 15.3. The molecule has 1 atom stereocenters. The Morgan fingerprint density at radius 2 is 2.20 bits per heavy atom. The van der Waals surface area contributed by atoms with Gasteiger partial charge in [-0.2, -0.15) is 0 Å². The zero-order chi connectivity index (χ0) is 14.9. The fourth-order valence-corrected chi connectivity index (χ4v) is 3.07. The number of hydrogen-bond donors (Lipinski definition) is 1. The third-order valence-electron chi connectivity index (χ3n) is 4.00. The van der Waals surface area contributed by atoms with E-state index in [1.54, 1.807) is 19.2 Å². The maximum absolute atomic E-state index is 12.6. The Morgan fingerprint density at radius 1 is 1.50 bits per heavy atom. The number of rotatable bonds is 2. The first-order valence-electron chi connectivity index (χ1n) is 6.73. The minimum atomic E-state index is -0.0440. The highest BCUT2D eigenvalue weighted by molar-refractivity contribution is 9.10. The fourth-order valence-electron chi connectivity index (χ4n) is 2.53. The van der Waals surface area contributed by atoms with Crippen molar-refractivity contribution in [3.05, 3.63) is 28.2 Å². The van der Waals surface area contributed by atoms with E-state index in [9.17, 15) is 4.79 Å². The van der Waals surface area contributed by atoms with Crippen LogP contribution in [0.15, 0.2) is 22.7 Å². The molecule has 5 heteroatoms. The molecule has 1 amide bonds. The van der Waals surface area contributed by atoms with Crippen LogP contribution >= 0.6 is 15.9 Å². The van der Waals surface area contributed by atoms with Crippen molar-refractivity contribution in [3.63, 3.8) is 0 Å². The molecule has 1 fully saturated rings. The molecule has 20 heavy (non-hydrogen) atoms. The molecule has 1 aliphatic heterocycles. The monoisotopic (exact) mass is 340 g/mol. The van der Waals surface area contributed by atoms with Crippen molar-refractivity contribution in [2.75, 3.05) is 20.2 Å². The van der Waals surface area contributed by atoms with Crippen molar-refractivity contribution in [1.82, 2.24) is 4.90 Å². The minimum Gasteiger partial charge on any atom is -0.496 e. The smallest absolute Gasteiger partial charge is 0.253 e. The number of carbonyl (C=O) groups is 1. The number of carbonyl (C=O) groups excluding carboxylic acids is 1. The van der Waals surface area contributed by atoms with Gasteiger partial charge < -0.3 is 15.4 Å². The Labute approximate surface area is 128 Å². The second-order valence-corrected chi connectivity index (χ2v) is 6.81. The summed E-state index contributed by atoms with van der Waals surface area (Å²) in [6.45, 7) is 5.63. The number of likely N-dealkylation sites (tertiary alicyclic amines) is 1. The first-order valence-corrected chi connectivity index (χ1v) is 7.53. The van der Waals surface area contributed by atoms with Gasteiger partial charge in [-0.25, -0.2) is 0 Å². The highest BCUT2D eigenvalue weighted by Crippen LogP contribution is 2.30. The van der Waals surface area contributed by atoms with E-state index in [1.165, 1.54) is 0 Å². The molecular weight excluding hydrogens is 320 g/mol. The Kier molecular flexibility index (Phi) is 4.39. The van der Waals surface area contributed by atoms with Gasteiger partial charge in [0.05, 0.1) is 11.6 Å². The lowest BCUT2D eigenvalue weighted by Gasteiger charge is -2.42. The molecule has 1 heterocycles. The van der Waals surface area contributed by atoms with Crippen LogP contribution in [0.2, 0.25) is 0 Å². The van der Waals surface area contributed by atoms with E-state index in [0.29, 0.717) is 18.7 Å². The Bertz CT molecular complexity index is 517. The first-order chi connectivity index (χ1) is 9.35. The Balaban J connectivity index is 2.18. The lowest BCUT2D eigenvalue weighted by molar-refractivity contribution is 0.0533. The van der Waals surface area contributed by atoms with Crippen molar-refractivity contribution >= 4 is 21.8 Å². The number of methoxy groups -OCH3 is 1. The normalized spacial score (nSPS) is 21.6. The maximum Gasteiger partial charge on any atom is 0.253 e. The fraction of sp³-hybridized carbons (Fsp3) is 0.533. The number of hydrogen-bond acceptors (Lipinski definition) is 3. The summed E-state index contributed by atoms with van der Waals surface area (Å²) in [5, 5.41) is 0. The molecule has 0 aliphatic carbocycles. The third-order valence-corrected chi connectivity index (χ3v) is 4.62. The second kappa shape index (κ2) is 5.74. The van der Waals surface area contributed by atoms with Gasteiger partial charge in [0.2, 0.25) is 0 Å². The summed E-state index contributed by atoms with van der Waals surface area (Å²) in [6.07, 6.45) is 0.843. The number of ether oxygens (including phenoxy) is 1. The van der Waals surface area contributed by atoms with E-state index in [0.717, 1.165) is 16.6 Å². The highest BCUT2D eigenvalue weighted by atomic mass is 79.9. The number of piperidine rings is 1. The molecule has 1 aromatic rings. The summed E-state index contributed by atoms with van der Waals surface area (Å²) in [5.74, 6) is 0.774. The quantitative estimate of drug-likeness (QED) is 0.900. The molecular formula is C15H21BrN2O2. The van der Waals surface area contributed by atoms with Crippen LogP contribution < -0.4 is 10.5 Å². The van der Waals surface area contributed by atoms with Crippen LogP contribution in [0.25, 0.3) is 0 Å². The van der Waals surface area contributed by atoms with E-state index in [-0.39, 0.29) is 17.4 Å². The largest absolute Gasteiger partial charge is 0.496 e. The van der Waals surface area contributed by atoms with Crippen LogP contribution in [0.5, 0.6) is 5.75 Å². The van der Waals surface area contributed by atoms with Crippen molar-refractivity contribution in [2.24, 2.45) is 11.1 Å². The highest BCUT2D eigenvalue weighted by Gasteiger charge is 2.35. The van der Waals surface area contributed by atoms with Gasteiger partial charge in [-0.3, -0.25) is 4.79 Å². The van der Waals surface area contributed by atoms with Crippen LogP contribution in [0.4, 0.5) is 0 Å². The number of nitrogens with two attached hydrogens (primary N) is 1. The van der Waals surface area contributed by atoms with E-state index in [4.69, 9.17) is 10.5 Å². The van der Waals surface area contributed by atoms with E-state index in [2.05, 4.69) is 29.8 Å². The predicted molar refractivity (Wildman–Crippen MR) is 83.0 cm³/mol. The van der Waals surface area contributed by atoms with Gasteiger partial charge in [-0.15, -0.1) is 0 Å². The van der Waals surface area contributed by atoms with E-state index in [1.807, 2.05) is 11.0 Å². The Morgan fingerprint density at radius 3 is 2.75 bits per heavy atom. The Hall–Kier alpha value is -1.07. The number of benzene rings is 1. The van der Waals surface area contributed by atoms with Gasteiger partial charge in [0, 0.05) is 24.7 Å².